The molecule has 0 bridgehead atoms. The smallest absolute Gasteiger partial charge is 0.223 e. The van der Waals surface area contributed by atoms with Crippen molar-refractivity contribution in [1.29, 1.82) is 0 Å². The Kier molecular flexibility index (Phi) is 5.90. The van der Waals surface area contributed by atoms with E-state index < -0.39 is 0 Å². The number of amides is 1. The molecule has 0 unspecified atom stereocenters. The summed E-state index contributed by atoms with van der Waals surface area (Å²) in [5.41, 5.74) is 3.56. The van der Waals surface area contributed by atoms with Crippen molar-refractivity contribution in [3.63, 3.8) is 0 Å². The third kappa shape index (κ3) is 4.50. The molecule has 2 aromatic heterocycles. The van der Waals surface area contributed by atoms with E-state index in [-0.39, 0.29) is 17.2 Å². The van der Waals surface area contributed by atoms with Gasteiger partial charge in [0, 0.05) is 49.1 Å². The molecule has 1 saturated carbocycles. The van der Waals surface area contributed by atoms with Crippen molar-refractivity contribution in [2.75, 3.05) is 19.6 Å². The highest BCUT2D eigenvalue weighted by Gasteiger charge is 2.58. The highest BCUT2D eigenvalue weighted by Crippen LogP contribution is 2.59. The Morgan fingerprint density at radius 1 is 1.11 bits per heavy atom. The van der Waals surface area contributed by atoms with Crippen molar-refractivity contribution in [1.82, 2.24) is 24.8 Å². The lowest BCUT2D eigenvalue weighted by atomic mass is 9.90. The highest BCUT2D eigenvalue weighted by molar-refractivity contribution is 7.15. The molecule has 2 aliphatic rings. The molecule has 7 heteroatoms. The number of nitrogens with one attached hydrogen (secondary N) is 1. The van der Waals surface area contributed by atoms with Gasteiger partial charge in [-0.1, -0.05) is 42.5 Å². The third-order valence-electron chi connectivity index (χ3n) is 7.84. The minimum absolute atomic E-state index is 0.179. The summed E-state index contributed by atoms with van der Waals surface area (Å²) in [6, 6.07) is 18.6. The molecule has 1 aliphatic heterocycles. The fourth-order valence-electron chi connectivity index (χ4n) is 5.58. The predicted molar refractivity (Wildman–Crippen MR) is 140 cm³/mol. The predicted octanol–water partition coefficient (Wildman–Crippen LogP) is 4.66. The summed E-state index contributed by atoms with van der Waals surface area (Å²) in [5.74, 6) is 1.43. The maximum atomic E-state index is 12.9. The minimum atomic E-state index is 0.179. The van der Waals surface area contributed by atoms with Crippen LogP contribution in [-0.2, 0) is 24.8 Å². The molecule has 4 aromatic rings. The number of para-hydroxylation sites is 2. The lowest BCUT2D eigenvalue weighted by molar-refractivity contribution is -0.123. The van der Waals surface area contributed by atoms with E-state index >= 15 is 0 Å². The van der Waals surface area contributed by atoms with Crippen molar-refractivity contribution >= 4 is 28.3 Å². The van der Waals surface area contributed by atoms with E-state index in [1.807, 2.05) is 37.5 Å². The molecule has 1 saturated heterocycles. The van der Waals surface area contributed by atoms with Crippen molar-refractivity contribution in [3.05, 3.63) is 71.5 Å². The number of carbonyl (C=O) groups is 1. The van der Waals surface area contributed by atoms with Crippen LogP contribution in [0.3, 0.4) is 0 Å². The summed E-state index contributed by atoms with van der Waals surface area (Å²) in [6.07, 6.45) is 6.04. The molecule has 2 fully saturated rings. The molecule has 0 radical (unpaired) electrons. The van der Waals surface area contributed by atoms with Crippen molar-refractivity contribution in [2.45, 2.75) is 32.2 Å². The number of hydrogen-bond acceptors (Lipinski definition) is 5. The van der Waals surface area contributed by atoms with Crippen LogP contribution in [0.2, 0.25) is 0 Å². The summed E-state index contributed by atoms with van der Waals surface area (Å²) < 4.78 is 2.13. The Morgan fingerprint density at radius 3 is 2.69 bits per heavy atom. The van der Waals surface area contributed by atoms with Gasteiger partial charge in [-0.3, -0.25) is 9.69 Å². The van der Waals surface area contributed by atoms with E-state index in [9.17, 15) is 4.79 Å². The van der Waals surface area contributed by atoms with Crippen molar-refractivity contribution in [3.8, 4) is 10.6 Å². The van der Waals surface area contributed by atoms with Gasteiger partial charge in [0.2, 0.25) is 5.91 Å². The number of likely N-dealkylation sites (tertiary alicyclic amines) is 1. The van der Waals surface area contributed by atoms with Crippen LogP contribution in [0.25, 0.3) is 21.6 Å². The number of aromatic nitrogens is 3. The fourth-order valence-corrected chi connectivity index (χ4v) is 6.54. The van der Waals surface area contributed by atoms with Crippen molar-refractivity contribution in [2.24, 2.45) is 18.4 Å². The van der Waals surface area contributed by atoms with E-state index in [1.54, 1.807) is 11.3 Å². The highest BCUT2D eigenvalue weighted by atomic mass is 32.1. The first-order valence-corrected chi connectivity index (χ1v) is 13.3. The lowest BCUT2D eigenvalue weighted by Crippen LogP contribution is -2.37. The molecule has 180 valence electrons. The molecule has 3 heterocycles. The molecule has 2 aromatic carbocycles. The van der Waals surface area contributed by atoms with Gasteiger partial charge in [-0.25, -0.2) is 9.97 Å². The average Bonchev–Trinajstić information content (AvgIpc) is 3.22. The Balaban J connectivity index is 0.972. The molecule has 1 aliphatic carbocycles. The molecule has 1 spiro atoms. The fraction of sp³-hybridized carbons (Fsp3) is 0.393. The quantitative estimate of drug-likeness (QED) is 0.414. The van der Waals surface area contributed by atoms with E-state index in [2.05, 4.69) is 50.1 Å². The molecule has 1 atom stereocenters. The molecule has 6 nitrogen and oxygen atoms in total. The van der Waals surface area contributed by atoms with Gasteiger partial charge in [0.1, 0.15) is 10.8 Å². The van der Waals surface area contributed by atoms with Crippen LogP contribution in [-0.4, -0.2) is 45.0 Å². The van der Waals surface area contributed by atoms with Crippen LogP contribution in [0.4, 0.5) is 0 Å². The molecular formula is C28H31N5OS. The second-order valence-corrected chi connectivity index (χ2v) is 11.1. The maximum absolute atomic E-state index is 12.9. The molecule has 1 N–H and O–H groups in total. The number of carbonyl (C=O) groups excluding carboxylic acids is 1. The van der Waals surface area contributed by atoms with Gasteiger partial charge in [-0.15, -0.1) is 11.3 Å². The second-order valence-electron chi connectivity index (χ2n) is 10.0. The summed E-state index contributed by atoms with van der Waals surface area (Å²) in [4.78, 5) is 26.1. The Bertz CT molecular complexity index is 1340. The van der Waals surface area contributed by atoms with Crippen LogP contribution in [0, 0.1) is 11.3 Å². The summed E-state index contributed by atoms with van der Waals surface area (Å²) >= 11 is 1.79. The summed E-state index contributed by atoms with van der Waals surface area (Å²) in [5, 5.41) is 4.28. The average molecular weight is 486 g/mol. The maximum Gasteiger partial charge on any atom is 0.223 e. The SMILES string of the molecule is Cn1c(CCNC(=O)[C@H]2CC23CCN(Cc2cnc(-c4ccccc4)s2)CC3)nc2ccccc21. The van der Waals surface area contributed by atoms with Gasteiger partial charge in [0.25, 0.3) is 0 Å². The first-order valence-electron chi connectivity index (χ1n) is 12.5. The molecule has 35 heavy (non-hydrogen) atoms. The van der Waals surface area contributed by atoms with Crippen LogP contribution in [0.15, 0.2) is 60.8 Å². The third-order valence-corrected chi connectivity index (χ3v) is 8.87. The van der Waals surface area contributed by atoms with Gasteiger partial charge in [0.15, 0.2) is 0 Å². The first-order chi connectivity index (χ1) is 17.1. The normalized spacial score (nSPS) is 19.3. The number of thiazole rings is 1. The standard InChI is InChI=1S/C28H31N5OS/c1-32-24-10-6-5-9-23(24)31-25(32)11-14-29-26(34)22-17-28(22)12-15-33(16-13-28)19-21-18-30-27(35-21)20-7-3-2-4-8-20/h2-10,18,22H,11-17,19H2,1H3,(H,29,34)/t22-/m1/s1. The summed E-state index contributed by atoms with van der Waals surface area (Å²) in [6.45, 7) is 3.71. The molecule has 6 rings (SSSR count). The van der Waals surface area contributed by atoms with E-state index in [0.717, 1.165) is 67.2 Å². The lowest BCUT2D eigenvalue weighted by Gasteiger charge is -2.32. The second kappa shape index (κ2) is 9.21. The number of piperidine rings is 1. The largest absolute Gasteiger partial charge is 0.355 e. The van der Waals surface area contributed by atoms with Crippen LogP contribution < -0.4 is 5.32 Å². The van der Waals surface area contributed by atoms with Gasteiger partial charge >= 0.3 is 0 Å². The zero-order chi connectivity index (χ0) is 23.8. The molecular weight excluding hydrogens is 454 g/mol. The number of hydrogen-bond donors (Lipinski definition) is 1. The Hall–Kier alpha value is -3.03. The van der Waals surface area contributed by atoms with E-state index in [0.29, 0.717) is 6.54 Å². The number of rotatable bonds is 7. The van der Waals surface area contributed by atoms with Gasteiger partial charge in [-0.05, 0) is 49.9 Å². The number of imidazole rings is 1. The number of benzene rings is 2. The van der Waals surface area contributed by atoms with Crippen LogP contribution in [0.1, 0.15) is 30.0 Å². The van der Waals surface area contributed by atoms with Gasteiger partial charge in [-0.2, -0.15) is 0 Å². The first kappa shape index (κ1) is 22.4. The van der Waals surface area contributed by atoms with E-state index in [1.165, 1.54) is 10.4 Å². The van der Waals surface area contributed by atoms with Gasteiger partial charge < -0.3 is 9.88 Å². The molecule has 1 amide bonds. The summed E-state index contributed by atoms with van der Waals surface area (Å²) in [7, 11) is 2.05. The minimum Gasteiger partial charge on any atom is -0.355 e. The zero-order valence-electron chi connectivity index (χ0n) is 20.1. The monoisotopic (exact) mass is 485 g/mol. The van der Waals surface area contributed by atoms with Crippen molar-refractivity contribution < 1.29 is 4.79 Å². The Morgan fingerprint density at radius 2 is 1.89 bits per heavy atom. The zero-order valence-corrected chi connectivity index (χ0v) is 20.9. The number of fused-ring (bicyclic) bond motifs is 1. The van der Waals surface area contributed by atoms with Gasteiger partial charge in [0.05, 0.1) is 11.0 Å². The van der Waals surface area contributed by atoms with E-state index in [4.69, 9.17) is 4.98 Å². The Labute approximate surface area is 210 Å². The number of aryl methyl sites for hydroxylation is 1. The number of nitrogens with zero attached hydrogens (tertiary/aromatic N) is 4. The van der Waals surface area contributed by atoms with Crippen LogP contribution >= 0.6 is 11.3 Å². The topological polar surface area (TPSA) is 63.1 Å². The van der Waals surface area contributed by atoms with Crippen LogP contribution in [0.5, 0.6) is 0 Å².